The Balaban J connectivity index is 1.84. The summed E-state index contributed by atoms with van der Waals surface area (Å²) >= 11 is 0. The van der Waals surface area contributed by atoms with Crippen molar-refractivity contribution in [3.8, 4) is 17.1 Å². The second-order valence-corrected chi connectivity index (χ2v) is 6.49. The van der Waals surface area contributed by atoms with Crippen molar-refractivity contribution in [2.24, 2.45) is 0 Å². The van der Waals surface area contributed by atoms with Gasteiger partial charge in [-0.15, -0.1) is 5.10 Å². The molecule has 0 unspecified atom stereocenters. The molecule has 0 bridgehead atoms. The highest BCUT2D eigenvalue weighted by molar-refractivity contribution is 5.67. The molecule has 144 valence electrons. The first kappa shape index (κ1) is 19.2. The maximum atomic E-state index is 13.3. The van der Waals surface area contributed by atoms with Crippen LogP contribution in [0.5, 0.6) is 5.88 Å². The monoisotopic (exact) mass is 378 g/mol. The Kier molecular flexibility index (Phi) is 5.65. The van der Waals surface area contributed by atoms with Crippen molar-refractivity contribution in [2.75, 3.05) is 27.2 Å². The molecule has 2 aromatic heterocycles. The first-order valence-electron chi connectivity index (χ1n) is 8.65. The minimum absolute atomic E-state index is 0.0353. The van der Waals surface area contributed by atoms with Crippen molar-refractivity contribution in [1.29, 1.82) is 0 Å². The van der Waals surface area contributed by atoms with E-state index in [1.165, 1.54) is 22.8 Å². The maximum Gasteiger partial charge on any atom is 0.417 e. The van der Waals surface area contributed by atoms with E-state index >= 15 is 0 Å². The Hall–Kier alpha value is -2.61. The van der Waals surface area contributed by atoms with E-state index in [1.54, 1.807) is 18.2 Å². The second kappa shape index (κ2) is 7.96. The molecule has 0 fully saturated rings. The van der Waals surface area contributed by atoms with Crippen LogP contribution in [0, 0.1) is 0 Å². The van der Waals surface area contributed by atoms with Crippen LogP contribution in [0.1, 0.15) is 18.4 Å². The fraction of sp³-hybridized carbons (Fsp3) is 0.368. The van der Waals surface area contributed by atoms with Gasteiger partial charge in [-0.05, 0) is 45.6 Å². The normalized spacial score (nSPS) is 12.1. The summed E-state index contributed by atoms with van der Waals surface area (Å²) in [6, 6.07) is 8.76. The molecule has 0 aliphatic rings. The fourth-order valence-corrected chi connectivity index (χ4v) is 2.78. The van der Waals surface area contributed by atoms with Gasteiger partial charge >= 0.3 is 6.18 Å². The van der Waals surface area contributed by atoms with Crippen molar-refractivity contribution in [3.63, 3.8) is 0 Å². The number of rotatable bonds is 7. The number of halogens is 3. The lowest BCUT2D eigenvalue weighted by Gasteiger charge is -2.12. The van der Waals surface area contributed by atoms with Gasteiger partial charge in [0.1, 0.15) is 0 Å². The third-order valence-corrected chi connectivity index (χ3v) is 4.10. The number of nitrogens with zero attached hydrogens (tertiary/aromatic N) is 4. The van der Waals surface area contributed by atoms with Gasteiger partial charge in [-0.1, -0.05) is 18.2 Å². The minimum Gasteiger partial charge on any atom is -0.477 e. The zero-order chi connectivity index (χ0) is 19.4. The molecule has 3 aromatic rings. The van der Waals surface area contributed by atoms with Gasteiger partial charge in [-0.2, -0.15) is 13.2 Å². The fourth-order valence-electron chi connectivity index (χ4n) is 2.78. The Morgan fingerprint density at radius 2 is 1.85 bits per heavy atom. The summed E-state index contributed by atoms with van der Waals surface area (Å²) in [5, 5.41) is 4.32. The molecule has 0 N–H and O–H groups in total. The van der Waals surface area contributed by atoms with Gasteiger partial charge in [0.2, 0.25) is 5.88 Å². The number of unbranched alkanes of at least 4 members (excludes halogenated alkanes) is 1. The van der Waals surface area contributed by atoms with Crippen LogP contribution < -0.4 is 4.74 Å². The average molecular weight is 378 g/mol. The number of benzene rings is 1. The standard InChI is InChI=1S/C19H21F3N4O/c1-25(2)11-5-6-12-27-18-10-9-17-23-13-16(26(17)24-18)14-7-3-4-8-15(14)19(20,21)22/h3-4,7-10,13H,5-6,11-12H2,1-2H3. The quantitative estimate of drug-likeness (QED) is 0.580. The first-order chi connectivity index (χ1) is 12.9. The summed E-state index contributed by atoms with van der Waals surface area (Å²) in [6.45, 7) is 1.46. The van der Waals surface area contributed by atoms with Crippen LogP contribution in [0.25, 0.3) is 16.9 Å². The van der Waals surface area contributed by atoms with E-state index in [1.807, 2.05) is 14.1 Å². The van der Waals surface area contributed by atoms with E-state index in [2.05, 4.69) is 15.0 Å². The first-order valence-corrected chi connectivity index (χ1v) is 8.65. The number of imidazole rings is 1. The molecule has 27 heavy (non-hydrogen) atoms. The molecule has 0 aliphatic heterocycles. The molecule has 8 heteroatoms. The Labute approximate surface area is 155 Å². The number of ether oxygens (including phenoxy) is 1. The molecule has 0 saturated carbocycles. The highest BCUT2D eigenvalue weighted by atomic mass is 19.4. The lowest BCUT2D eigenvalue weighted by atomic mass is 10.0. The largest absolute Gasteiger partial charge is 0.477 e. The predicted molar refractivity (Wildman–Crippen MR) is 96.7 cm³/mol. The van der Waals surface area contributed by atoms with E-state index in [9.17, 15) is 13.2 Å². The smallest absolute Gasteiger partial charge is 0.417 e. The molecule has 0 spiro atoms. The van der Waals surface area contributed by atoms with Gasteiger partial charge in [0.25, 0.3) is 0 Å². The highest BCUT2D eigenvalue weighted by Crippen LogP contribution is 2.36. The second-order valence-electron chi connectivity index (χ2n) is 6.49. The molecule has 5 nitrogen and oxygen atoms in total. The number of fused-ring (bicyclic) bond motifs is 1. The summed E-state index contributed by atoms with van der Waals surface area (Å²) < 4.78 is 47.1. The van der Waals surface area contributed by atoms with Crippen LogP contribution in [0.2, 0.25) is 0 Å². The van der Waals surface area contributed by atoms with Crippen LogP contribution in [-0.2, 0) is 6.18 Å². The molecule has 1 aromatic carbocycles. The summed E-state index contributed by atoms with van der Waals surface area (Å²) in [4.78, 5) is 6.26. The van der Waals surface area contributed by atoms with Crippen molar-refractivity contribution in [2.45, 2.75) is 19.0 Å². The number of hydrogen-bond acceptors (Lipinski definition) is 4. The zero-order valence-electron chi connectivity index (χ0n) is 15.2. The van der Waals surface area contributed by atoms with Crippen molar-refractivity contribution in [3.05, 3.63) is 48.2 Å². The molecular formula is C19H21F3N4O. The van der Waals surface area contributed by atoms with Crippen molar-refractivity contribution < 1.29 is 17.9 Å². The summed E-state index contributed by atoms with van der Waals surface area (Å²) in [7, 11) is 4.02. The van der Waals surface area contributed by atoms with E-state index in [0.717, 1.165) is 25.5 Å². The molecule has 0 amide bonds. The van der Waals surface area contributed by atoms with Crippen molar-refractivity contribution >= 4 is 5.65 Å². The Morgan fingerprint density at radius 3 is 2.59 bits per heavy atom. The molecule has 0 aliphatic carbocycles. The topological polar surface area (TPSA) is 42.7 Å². The van der Waals surface area contributed by atoms with Gasteiger partial charge in [-0.25, -0.2) is 9.50 Å². The van der Waals surface area contributed by atoms with E-state index < -0.39 is 11.7 Å². The summed E-state index contributed by atoms with van der Waals surface area (Å²) in [5.41, 5.74) is 0.0506. The van der Waals surface area contributed by atoms with Gasteiger partial charge in [-0.3, -0.25) is 0 Å². The minimum atomic E-state index is -4.46. The maximum absolute atomic E-state index is 13.3. The van der Waals surface area contributed by atoms with Crippen LogP contribution >= 0.6 is 0 Å². The molecule has 3 rings (SSSR count). The lowest BCUT2D eigenvalue weighted by molar-refractivity contribution is -0.137. The highest BCUT2D eigenvalue weighted by Gasteiger charge is 2.34. The molecule has 0 saturated heterocycles. The number of alkyl halides is 3. The van der Waals surface area contributed by atoms with Crippen LogP contribution in [0.15, 0.2) is 42.6 Å². The SMILES string of the molecule is CN(C)CCCCOc1ccc2ncc(-c3ccccc3C(F)(F)F)n2n1. The Morgan fingerprint density at radius 1 is 1.07 bits per heavy atom. The molecular weight excluding hydrogens is 357 g/mol. The van der Waals surface area contributed by atoms with Gasteiger partial charge < -0.3 is 9.64 Å². The van der Waals surface area contributed by atoms with Gasteiger partial charge in [0, 0.05) is 11.6 Å². The van der Waals surface area contributed by atoms with Crippen molar-refractivity contribution in [1.82, 2.24) is 19.5 Å². The molecule has 2 heterocycles. The van der Waals surface area contributed by atoms with E-state index in [-0.39, 0.29) is 11.3 Å². The zero-order valence-corrected chi connectivity index (χ0v) is 15.2. The summed E-state index contributed by atoms with van der Waals surface area (Å²) in [6.07, 6.45) is -1.20. The number of aromatic nitrogens is 3. The van der Waals surface area contributed by atoms with Gasteiger partial charge in [0.15, 0.2) is 5.65 Å². The lowest BCUT2D eigenvalue weighted by Crippen LogP contribution is -2.14. The summed E-state index contributed by atoms with van der Waals surface area (Å²) in [5.74, 6) is 0.357. The average Bonchev–Trinajstić information content (AvgIpc) is 3.03. The van der Waals surface area contributed by atoms with E-state index in [4.69, 9.17) is 4.74 Å². The molecule has 0 atom stereocenters. The third kappa shape index (κ3) is 4.57. The molecule has 0 radical (unpaired) electrons. The van der Waals surface area contributed by atoms with Crippen LogP contribution in [0.4, 0.5) is 13.2 Å². The number of hydrogen-bond donors (Lipinski definition) is 0. The Bertz CT molecular complexity index is 905. The van der Waals surface area contributed by atoms with Gasteiger partial charge in [0.05, 0.1) is 24.1 Å². The predicted octanol–water partition coefficient (Wildman–Crippen LogP) is 4.14. The van der Waals surface area contributed by atoms with Crippen LogP contribution in [0.3, 0.4) is 0 Å². The van der Waals surface area contributed by atoms with Crippen LogP contribution in [-0.4, -0.2) is 46.7 Å². The third-order valence-electron chi connectivity index (χ3n) is 4.10. The van der Waals surface area contributed by atoms with E-state index in [0.29, 0.717) is 18.1 Å².